The zero-order valence-corrected chi connectivity index (χ0v) is 17.3. The van der Waals surface area contributed by atoms with Crippen LogP contribution in [0.25, 0.3) is 0 Å². The molecule has 0 aromatic heterocycles. The molecule has 0 bridgehead atoms. The van der Waals surface area contributed by atoms with Gasteiger partial charge < -0.3 is 19.7 Å². The van der Waals surface area contributed by atoms with Gasteiger partial charge in [-0.25, -0.2) is 8.78 Å². The fourth-order valence-electron chi connectivity index (χ4n) is 3.07. The molecule has 1 aromatic rings. The van der Waals surface area contributed by atoms with E-state index in [4.69, 9.17) is 9.47 Å². The third kappa shape index (κ3) is 8.55. The lowest BCUT2D eigenvalue weighted by Crippen LogP contribution is -1.98. The number of hydrogen-bond acceptors (Lipinski definition) is 4. The van der Waals surface area contributed by atoms with Crippen LogP contribution in [0.15, 0.2) is 47.5 Å². The summed E-state index contributed by atoms with van der Waals surface area (Å²) in [6, 6.07) is 1.97. The molecule has 0 radical (unpaired) electrons. The summed E-state index contributed by atoms with van der Waals surface area (Å²) in [6.45, 7) is 0.790. The highest BCUT2D eigenvalue weighted by molar-refractivity contribution is 5.34. The second-order valence-electron chi connectivity index (χ2n) is 7.33. The van der Waals surface area contributed by atoms with Gasteiger partial charge in [0.1, 0.15) is 11.5 Å². The van der Waals surface area contributed by atoms with E-state index in [1.165, 1.54) is 0 Å². The number of aliphatic hydroxyl groups excluding tert-OH is 1. The fourth-order valence-corrected chi connectivity index (χ4v) is 3.07. The van der Waals surface area contributed by atoms with Crippen molar-refractivity contribution in [1.82, 2.24) is 0 Å². The maximum absolute atomic E-state index is 13.2. The lowest BCUT2D eigenvalue weighted by atomic mass is 10.1. The number of benzene rings is 1. The molecule has 0 spiro atoms. The molecule has 8 heteroatoms. The third-order valence-electron chi connectivity index (χ3n) is 4.79. The topological polar surface area (TPSA) is 58.9 Å². The molecule has 1 aliphatic rings. The summed E-state index contributed by atoms with van der Waals surface area (Å²) >= 11 is 0. The predicted molar refractivity (Wildman–Crippen MR) is 109 cm³/mol. The van der Waals surface area contributed by atoms with Crippen LogP contribution in [0.4, 0.5) is 17.6 Å². The Labute approximate surface area is 179 Å². The summed E-state index contributed by atoms with van der Waals surface area (Å²) in [7, 11) is 0. The van der Waals surface area contributed by atoms with Crippen LogP contribution < -0.4 is 4.74 Å². The number of allylic oxidation sites excluding steroid dienone is 4. The molecule has 2 rings (SSSR count). The average molecular weight is 444 g/mol. The van der Waals surface area contributed by atoms with Crippen molar-refractivity contribution in [2.24, 2.45) is 0 Å². The zero-order chi connectivity index (χ0) is 22.6. The minimum absolute atomic E-state index is 0.101. The van der Waals surface area contributed by atoms with Gasteiger partial charge in [0.15, 0.2) is 29.0 Å². The zero-order valence-electron chi connectivity index (χ0n) is 17.3. The van der Waals surface area contributed by atoms with Crippen molar-refractivity contribution in [2.45, 2.75) is 57.8 Å². The van der Waals surface area contributed by atoms with Crippen molar-refractivity contribution in [3.63, 3.8) is 0 Å². The standard InChI is InChI=1S/C23H28F4O4/c24-18-10-9-16(14-20(28)22(18)26)30-11-7-5-3-1-2-4-6-8-12-31-17-13-19(25)23(27)21(29)15-17/h10,13-15,28-29H,1-9,11-12H2. The summed E-state index contributed by atoms with van der Waals surface area (Å²) in [5.41, 5.74) is 0. The van der Waals surface area contributed by atoms with Gasteiger partial charge in [-0.2, -0.15) is 8.78 Å². The highest BCUT2D eigenvalue weighted by atomic mass is 19.2. The number of unbranched alkanes of at least 4 members (excludes halogenated alkanes) is 7. The normalized spacial score (nSPS) is 14.2. The first-order chi connectivity index (χ1) is 14.9. The van der Waals surface area contributed by atoms with Crippen LogP contribution in [0.3, 0.4) is 0 Å². The van der Waals surface area contributed by atoms with Crippen molar-refractivity contribution < 1.29 is 37.2 Å². The van der Waals surface area contributed by atoms with Crippen LogP contribution in [0.5, 0.6) is 11.5 Å². The predicted octanol–water partition coefficient (Wildman–Crippen LogP) is 7.07. The molecule has 4 nitrogen and oxygen atoms in total. The lowest BCUT2D eigenvalue weighted by Gasteiger charge is -2.08. The summed E-state index contributed by atoms with van der Waals surface area (Å²) in [5, 5.41) is 18.6. The molecule has 31 heavy (non-hydrogen) atoms. The number of ether oxygens (including phenoxy) is 2. The van der Waals surface area contributed by atoms with Crippen LogP contribution >= 0.6 is 0 Å². The molecule has 0 unspecified atom stereocenters. The molecule has 2 N–H and O–H groups in total. The molecule has 0 heterocycles. The smallest absolute Gasteiger partial charge is 0.200 e. The van der Waals surface area contributed by atoms with Crippen LogP contribution in [0.1, 0.15) is 57.8 Å². The van der Waals surface area contributed by atoms with E-state index in [0.717, 1.165) is 75.7 Å². The van der Waals surface area contributed by atoms with Crippen molar-refractivity contribution >= 4 is 0 Å². The largest absolute Gasteiger partial charge is 0.505 e. The van der Waals surface area contributed by atoms with E-state index in [2.05, 4.69) is 0 Å². The van der Waals surface area contributed by atoms with Crippen molar-refractivity contribution in [2.75, 3.05) is 13.2 Å². The van der Waals surface area contributed by atoms with Crippen LogP contribution in [0, 0.1) is 11.6 Å². The number of phenolic OH excluding ortho intramolecular Hbond substituents is 1. The molecule has 0 saturated carbocycles. The Hall–Kier alpha value is -2.64. The summed E-state index contributed by atoms with van der Waals surface area (Å²) in [5.74, 6) is -5.84. The molecule has 0 fully saturated rings. The summed E-state index contributed by atoms with van der Waals surface area (Å²) < 4.78 is 63.3. The van der Waals surface area contributed by atoms with E-state index in [1.54, 1.807) is 0 Å². The van der Waals surface area contributed by atoms with Gasteiger partial charge in [0.25, 0.3) is 0 Å². The maximum Gasteiger partial charge on any atom is 0.200 e. The Balaban J connectivity index is 1.45. The molecule has 0 aliphatic heterocycles. The number of halogens is 4. The first-order valence-electron chi connectivity index (χ1n) is 10.5. The molecule has 0 atom stereocenters. The van der Waals surface area contributed by atoms with Gasteiger partial charge >= 0.3 is 0 Å². The number of aromatic hydroxyl groups is 1. The maximum atomic E-state index is 13.2. The lowest BCUT2D eigenvalue weighted by molar-refractivity contribution is 0.199. The first kappa shape index (κ1) is 24.6. The van der Waals surface area contributed by atoms with Crippen LogP contribution in [-0.4, -0.2) is 23.4 Å². The molecular formula is C23H28F4O4. The molecule has 0 saturated heterocycles. The van der Waals surface area contributed by atoms with Gasteiger partial charge in [-0.1, -0.05) is 38.5 Å². The fraction of sp³-hybridized carbons (Fsp3) is 0.478. The number of phenols is 1. The molecule has 1 aliphatic carbocycles. The van der Waals surface area contributed by atoms with Crippen molar-refractivity contribution in [3.05, 3.63) is 59.1 Å². The van der Waals surface area contributed by atoms with Gasteiger partial charge in [0.2, 0.25) is 5.82 Å². The SMILES string of the molecule is OC1=C(F)C(F)=CCC(OCCCCCCCCCCOc2cc(O)c(F)c(F)c2)=C1. The third-order valence-corrected chi connectivity index (χ3v) is 4.79. The van der Waals surface area contributed by atoms with Gasteiger partial charge in [0.05, 0.1) is 13.2 Å². The second-order valence-corrected chi connectivity index (χ2v) is 7.33. The number of aliphatic hydroxyl groups is 1. The molecule has 172 valence electrons. The first-order valence-corrected chi connectivity index (χ1v) is 10.5. The van der Waals surface area contributed by atoms with E-state index in [1.807, 2.05) is 0 Å². The molecule has 1 aromatic carbocycles. The highest BCUT2D eigenvalue weighted by Crippen LogP contribution is 2.26. The molecule has 0 amide bonds. The van der Waals surface area contributed by atoms with Gasteiger partial charge in [-0.15, -0.1) is 0 Å². The quantitative estimate of drug-likeness (QED) is 0.252. The highest BCUT2D eigenvalue weighted by Gasteiger charge is 2.14. The Morgan fingerprint density at radius 1 is 0.774 bits per heavy atom. The Bertz CT molecular complexity index is 795. The van der Waals surface area contributed by atoms with Gasteiger partial charge in [-0.3, -0.25) is 0 Å². The van der Waals surface area contributed by atoms with E-state index in [9.17, 15) is 27.8 Å². The van der Waals surface area contributed by atoms with Gasteiger partial charge in [-0.05, 0) is 18.9 Å². The van der Waals surface area contributed by atoms with E-state index < -0.39 is 34.8 Å². The second kappa shape index (κ2) is 12.9. The van der Waals surface area contributed by atoms with Crippen molar-refractivity contribution in [3.8, 4) is 11.5 Å². The van der Waals surface area contributed by atoms with Crippen LogP contribution in [-0.2, 0) is 4.74 Å². The summed E-state index contributed by atoms with van der Waals surface area (Å²) in [6.07, 6.45) is 9.97. The Kier molecular flexibility index (Phi) is 10.3. The minimum atomic E-state index is -1.28. The summed E-state index contributed by atoms with van der Waals surface area (Å²) in [4.78, 5) is 0. The van der Waals surface area contributed by atoms with E-state index >= 15 is 0 Å². The van der Waals surface area contributed by atoms with Crippen molar-refractivity contribution in [1.29, 1.82) is 0 Å². The van der Waals surface area contributed by atoms with Gasteiger partial charge in [0, 0.05) is 24.6 Å². The average Bonchev–Trinajstić information content (AvgIpc) is 2.86. The van der Waals surface area contributed by atoms with Crippen LogP contribution in [0.2, 0.25) is 0 Å². The van der Waals surface area contributed by atoms with E-state index in [0.29, 0.717) is 19.0 Å². The Morgan fingerprint density at radius 2 is 1.35 bits per heavy atom. The minimum Gasteiger partial charge on any atom is -0.505 e. The number of rotatable bonds is 13. The Morgan fingerprint density at radius 3 is 1.97 bits per heavy atom. The number of hydrogen-bond donors (Lipinski definition) is 2. The molecular weight excluding hydrogens is 416 g/mol. The monoisotopic (exact) mass is 444 g/mol. The van der Waals surface area contributed by atoms with E-state index in [-0.39, 0.29) is 12.2 Å².